The van der Waals surface area contributed by atoms with Crippen molar-refractivity contribution in [3.8, 4) is 0 Å². The minimum atomic E-state index is -0.504. The van der Waals surface area contributed by atoms with Crippen molar-refractivity contribution in [3.05, 3.63) is 29.8 Å². The van der Waals surface area contributed by atoms with Crippen LogP contribution in [0.15, 0.2) is 24.3 Å². The molecule has 10 nitrogen and oxygen atoms in total. The fourth-order valence-electron chi connectivity index (χ4n) is 5.33. The van der Waals surface area contributed by atoms with Gasteiger partial charge in [-0.05, 0) is 89.0 Å². The number of piperidine rings is 2. The lowest BCUT2D eigenvalue weighted by Crippen LogP contribution is -2.49. The number of hydrogen-bond donors (Lipinski definition) is 2. The van der Waals surface area contributed by atoms with Crippen LogP contribution in [0.4, 0.5) is 15.3 Å². The molecule has 1 aromatic rings. The summed E-state index contributed by atoms with van der Waals surface area (Å²) >= 11 is 0. The summed E-state index contributed by atoms with van der Waals surface area (Å²) in [5, 5.41) is 4.27. The number of nitrogens with one attached hydrogen (secondary N) is 2. The van der Waals surface area contributed by atoms with E-state index < -0.39 is 17.7 Å². The first-order valence-electron chi connectivity index (χ1n) is 13.3. The Bertz CT molecular complexity index is 989. The van der Waals surface area contributed by atoms with Crippen LogP contribution >= 0.6 is 0 Å². The highest BCUT2D eigenvalue weighted by Gasteiger charge is 2.29. The molecular formula is C27H39N5O5. The highest BCUT2D eigenvalue weighted by Crippen LogP contribution is 2.30. The molecule has 0 unspecified atom stereocenters. The lowest BCUT2D eigenvalue weighted by atomic mass is 9.83. The van der Waals surface area contributed by atoms with E-state index in [1.54, 1.807) is 24.3 Å². The van der Waals surface area contributed by atoms with E-state index in [1.165, 1.54) is 4.90 Å². The third-order valence-corrected chi connectivity index (χ3v) is 7.31. The minimum Gasteiger partial charge on any atom is -0.443 e. The van der Waals surface area contributed by atoms with Crippen LogP contribution in [0.2, 0.25) is 0 Å². The van der Waals surface area contributed by atoms with E-state index in [0.717, 1.165) is 58.3 Å². The van der Waals surface area contributed by atoms with Gasteiger partial charge >= 0.3 is 12.1 Å². The second kappa shape index (κ2) is 11.5. The first-order valence-corrected chi connectivity index (χ1v) is 13.3. The van der Waals surface area contributed by atoms with E-state index in [4.69, 9.17) is 4.74 Å². The van der Waals surface area contributed by atoms with Gasteiger partial charge < -0.3 is 9.64 Å². The van der Waals surface area contributed by atoms with Crippen LogP contribution in [-0.2, 0) is 9.53 Å². The maximum atomic E-state index is 13.0. The molecule has 202 valence electrons. The van der Waals surface area contributed by atoms with Crippen LogP contribution in [-0.4, -0.2) is 72.2 Å². The molecule has 3 aliphatic heterocycles. The monoisotopic (exact) mass is 513 g/mol. The van der Waals surface area contributed by atoms with Gasteiger partial charge in [0.15, 0.2) is 0 Å². The summed E-state index contributed by atoms with van der Waals surface area (Å²) in [6.45, 7) is 9.06. The van der Waals surface area contributed by atoms with Crippen molar-refractivity contribution in [2.24, 2.45) is 11.8 Å². The number of imide groups is 1. The molecule has 0 saturated carbocycles. The lowest BCUT2D eigenvalue weighted by Gasteiger charge is -2.37. The SMILES string of the molecule is CC(C)(C)OC(=O)NN1CCC(CC2CCN(C(=O)c3ccc(N4CCC(=O)NC4=O)cc3)CC2)CC1. The summed E-state index contributed by atoms with van der Waals surface area (Å²) in [4.78, 5) is 51.9. The molecule has 4 rings (SSSR count). The van der Waals surface area contributed by atoms with Crippen LogP contribution in [0.5, 0.6) is 0 Å². The number of anilines is 1. The number of likely N-dealkylation sites (tertiary alicyclic amines) is 1. The Morgan fingerprint density at radius 1 is 0.946 bits per heavy atom. The number of benzene rings is 1. The zero-order chi connectivity index (χ0) is 26.6. The molecule has 2 N–H and O–H groups in total. The normalized spacial score (nSPS) is 20.5. The largest absolute Gasteiger partial charge is 0.443 e. The highest BCUT2D eigenvalue weighted by atomic mass is 16.6. The number of hydrazine groups is 1. The number of carbonyl (C=O) groups excluding carboxylic acids is 4. The van der Waals surface area contributed by atoms with E-state index in [-0.39, 0.29) is 18.2 Å². The van der Waals surface area contributed by atoms with Gasteiger partial charge in [-0.1, -0.05) is 0 Å². The summed E-state index contributed by atoms with van der Waals surface area (Å²) in [6.07, 6.45) is 5.13. The van der Waals surface area contributed by atoms with Crippen molar-refractivity contribution >= 4 is 29.6 Å². The van der Waals surface area contributed by atoms with E-state index >= 15 is 0 Å². The fourth-order valence-corrected chi connectivity index (χ4v) is 5.33. The Hall–Kier alpha value is -3.14. The van der Waals surface area contributed by atoms with Crippen LogP contribution in [0.25, 0.3) is 0 Å². The Kier molecular flexibility index (Phi) is 8.36. The molecule has 3 aliphatic rings. The molecule has 5 amide bonds. The Morgan fingerprint density at radius 3 is 2.11 bits per heavy atom. The smallest absolute Gasteiger partial charge is 0.422 e. The standard InChI is InChI=1S/C27H39N5O5/c1-27(2,3)37-26(36)29-31-15-10-20(11-16-31)18-19-8-13-30(14-9-19)24(34)21-4-6-22(7-5-21)32-17-12-23(33)28-25(32)35/h4-7,19-20H,8-18H2,1-3H3,(H,29,36)(H,28,33,35). The summed E-state index contributed by atoms with van der Waals surface area (Å²) in [6, 6.07) is 6.61. The van der Waals surface area contributed by atoms with Crippen molar-refractivity contribution in [2.75, 3.05) is 37.6 Å². The van der Waals surface area contributed by atoms with Crippen molar-refractivity contribution in [3.63, 3.8) is 0 Å². The summed E-state index contributed by atoms with van der Waals surface area (Å²) < 4.78 is 5.34. The average molecular weight is 514 g/mol. The van der Waals surface area contributed by atoms with Gasteiger partial charge in [0.05, 0.1) is 0 Å². The first-order chi connectivity index (χ1) is 17.6. The minimum absolute atomic E-state index is 0.0183. The van der Waals surface area contributed by atoms with E-state index in [1.807, 2.05) is 30.7 Å². The first kappa shape index (κ1) is 26.9. The number of carbonyl (C=O) groups is 4. The number of rotatable bonds is 5. The van der Waals surface area contributed by atoms with Gasteiger partial charge in [0.2, 0.25) is 5.91 Å². The summed E-state index contributed by atoms with van der Waals surface area (Å²) in [5.41, 5.74) is 3.63. The van der Waals surface area contributed by atoms with Gasteiger partial charge in [0.25, 0.3) is 5.91 Å². The maximum absolute atomic E-state index is 13.0. The van der Waals surface area contributed by atoms with Gasteiger partial charge in [0, 0.05) is 50.4 Å². The van der Waals surface area contributed by atoms with Crippen molar-refractivity contribution in [1.82, 2.24) is 20.7 Å². The quantitative estimate of drug-likeness (QED) is 0.623. The van der Waals surface area contributed by atoms with E-state index in [9.17, 15) is 19.2 Å². The number of urea groups is 1. The van der Waals surface area contributed by atoms with Gasteiger partial charge in [0.1, 0.15) is 5.60 Å². The molecule has 0 radical (unpaired) electrons. The molecule has 3 saturated heterocycles. The number of hydrogen-bond acceptors (Lipinski definition) is 6. The summed E-state index contributed by atoms with van der Waals surface area (Å²) in [7, 11) is 0. The fraction of sp³-hybridized carbons (Fsp3) is 0.630. The number of amides is 5. The second-order valence-electron chi connectivity index (χ2n) is 11.3. The van der Waals surface area contributed by atoms with Gasteiger partial charge in [-0.15, -0.1) is 0 Å². The summed E-state index contributed by atoms with van der Waals surface area (Å²) in [5.74, 6) is 1.00. The molecule has 0 atom stereocenters. The molecular weight excluding hydrogens is 474 g/mol. The van der Waals surface area contributed by atoms with Crippen LogP contribution in [0, 0.1) is 11.8 Å². The predicted molar refractivity (Wildman–Crippen MR) is 139 cm³/mol. The molecule has 3 fully saturated rings. The van der Waals surface area contributed by atoms with Crippen LogP contribution < -0.4 is 15.6 Å². The topological polar surface area (TPSA) is 111 Å². The van der Waals surface area contributed by atoms with Gasteiger partial charge in [-0.2, -0.15) is 0 Å². The Labute approximate surface area is 218 Å². The Balaban J connectivity index is 1.18. The van der Waals surface area contributed by atoms with Crippen LogP contribution in [0.3, 0.4) is 0 Å². The zero-order valence-corrected chi connectivity index (χ0v) is 22.1. The van der Waals surface area contributed by atoms with E-state index in [2.05, 4.69) is 10.7 Å². The predicted octanol–water partition coefficient (Wildman–Crippen LogP) is 3.53. The number of nitrogens with zero attached hydrogens (tertiary/aromatic N) is 3. The van der Waals surface area contributed by atoms with Crippen molar-refractivity contribution in [2.45, 2.75) is 64.9 Å². The third kappa shape index (κ3) is 7.44. The van der Waals surface area contributed by atoms with Crippen molar-refractivity contribution in [1.29, 1.82) is 0 Å². The van der Waals surface area contributed by atoms with E-state index in [0.29, 0.717) is 29.6 Å². The third-order valence-electron chi connectivity index (χ3n) is 7.31. The average Bonchev–Trinajstić information content (AvgIpc) is 2.84. The van der Waals surface area contributed by atoms with Gasteiger partial charge in [-0.25, -0.2) is 14.6 Å². The molecule has 1 aromatic carbocycles. The molecule has 37 heavy (non-hydrogen) atoms. The molecule has 3 heterocycles. The second-order valence-corrected chi connectivity index (χ2v) is 11.3. The maximum Gasteiger partial charge on any atom is 0.422 e. The molecule has 0 aromatic heterocycles. The zero-order valence-electron chi connectivity index (χ0n) is 22.1. The number of ether oxygens (including phenoxy) is 1. The molecule has 0 bridgehead atoms. The highest BCUT2D eigenvalue weighted by molar-refractivity contribution is 6.05. The van der Waals surface area contributed by atoms with Crippen molar-refractivity contribution < 1.29 is 23.9 Å². The van der Waals surface area contributed by atoms with Gasteiger partial charge in [-0.3, -0.25) is 25.2 Å². The van der Waals surface area contributed by atoms with Crippen LogP contribution in [0.1, 0.15) is 69.7 Å². The molecule has 10 heteroatoms. The Morgan fingerprint density at radius 2 is 1.54 bits per heavy atom. The molecule has 0 spiro atoms. The lowest BCUT2D eigenvalue weighted by molar-refractivity contribution is -0.120. The molecule has 0 aliphatic carbocycles.